The highest BCUT2D eigenvalue weighted by molar-refractivity contribution is 5.95. The maximum absolute atomic E-state index is 13.2. The van der Waals surface area contributed by atoms with Crippen molar-refractivity contribution in [1.82, 2.24) is 0 Å². The van der Waals surface area contributed by atoms with E-state index < -0.39 is 30.0 Å². The zero-order valence-corrected chi connectivity index (χ0v) is 17.2. The number of carbonyl (C=O) groups excluding carboxylic acids is 1. The molecule has 3 rings (SSSR count). The standard InChI is InChI=1S/C22H19F6N3O2/c23-21(24,25)14-30(17-4-3-15(13-29)19(12-17)22(26,27)28)10-11-33-18-7-5-16(6-8-18)31-9-1-2-20(31)32/h3-8,12H,1-2,9-11,14H2. The quantitative estimate of drug-likeness (QED) is 0.524. The second-order valence-electron chi connectivity index (χ2n) is 7.37. The molecule has 11 heteroatoms. The summed E-state index contributed by atoms with van der Waals surface area (Å²) in [7, 11) is 0. The van der Waals surface area contributed by atoms with Crippen LogP contribution in [0, 0.1) is 11.3 Å². The molecule has 1 fully saturated rings. The van der Waals surface area contributed by atoms with Crippen molar-refractivity contribution >= 4 is 17.3 Å². The Morgan fingerprint density at radius 2 is 1.76 bits per heavy atom. The van der Waals surface area contributed by atoms with Crippen LogP contribution in [0.15, 0.2) is 42.5 Å². The Hall–Kier alpha value is -3.42. The van der Waals surface area contributed by atoms with Crippen molar-refractivity contribution in [3.05, 3.63) is 53.6 Å². The van der Waals surface area contributed by atoms with E-state index in [1.807, 2.05) is 0 Å². The molecule has 0 bridgehead atoms. The first-order valence-electron chi connectivity index (χ1n) is 9.94. The van der Waals surface area contributed by atoms with Gasteiger partial charge in [0.2, 0.25) is 5.91 Å². The molecule has 0 unspecified atom stereocenters. The van der Waals surface area contributed by atoms with E-state index in [1.165, 1.54) is 6.07 Å². The number of ether oxygens (including phenoxy) is 1. The lowest BCUT2D eigenvalue weighted by Gasteiger charge is -2.27. The van der Waals surface area contributed by atoms with Gasteiger partial charge in [-0.1, -0.05) is 0 Å². The highest BCUT2D eigenvalue weighted by Crippen LogP contribution is 2.35. The summed E-state index contributed by atoms with van der Waals surface area (Å²) in [4.78, 5) is 14.1. The van der Waals surface area contributed by atoms with Gasteiger partial charge < -0.3 is 14.5 Å². The number of hydrogen-bond donors (Lipinski definition) is 0. The predicted molar refractivity (Wildman–Crippen MR) is 108 cm³/mol. The summed E-state index contributed by atoms with van der Waals surface area (Å²) in [5.41, 5.74) is -1.63. The summed E-state index contributed by atoms with van der Waals surface area (Å²) < 4.78 is 84.3. The molecule has 2 aromatic carbocycles. The van der Waals surface area contributed by atoms with E-state index in [9.17, 15) is 31.1 Å². The van der Waals surface area contributed by atoms with Crippen LogP contribution in [0.2, 0.25) is 0 Å². The Morgan fingerprint density at radius 3 is 2.30 bits per heavy atom. The maximum Gasteiger partial charge on any atom is 0.417 e. The molecule has 33 heavy (non-hydrogen) atoms. The van der Waals surface area contributed by atoms with Crippen molar-refractivity contribution in [2.24, 2.45) is 0 Å². The number of hydrogen-bond acceptors (Lipinski definition) is 4. The molecule has 0 N–H and O–H groups in total. The minimum absolute atomic E-state index is 0.00658. The summed E-state index contributed by atoms with van der Waals surface area (Å²) in [6.07, 6.45) is -8.33. The van der Waals surface area contributed by atoms with Gasteiger partial charge in [0.05, 0.1) is 23.7 Å². The first-order valence-corrected chi connectivity index (χ1v) is 9.94. The fourth-order valence-electron chi connectivity index (χ4n) is 3.49. The van der Waals surface area contributed by atoms with E-state index in [0.717, 1.165) is 18.6 Å². The molecule has 0 saturated carbocycles. The summed E-state index contributed by atoms with van der Waals surface area (Å²) in [6.45, 7) is -1.47. The average Bonchev–Trinajstić information content (AvgIpc) is 3.17. The minimum atomic E-state index is -4.89. The summed E-state index contributed by atoms with van der Waals surface area (Å²) in [5.74, 6) is 0.347. The Balaban J connectivity index is 1.71. The van der Waals surface area contributed by atoms with Gasteiger partial charge in [0.15, 0.2) is 0 Å². The third-order valence-corrected chi connectivity index (χ3v) is 5.02. The fraction of sp³-hybridized carbons (Fsp3) is 0.364. The second-order valence-corrected chi connectivity index (χ2v) is 7.37. The zero-order valence-electron chi connectivity index (χ0n) is 17.2. The second kappa shape index (κ2) is 9.60. The summed E-state index contributed by atoms with van der Waals surface area (Å²) >= 11 is 0. The lowest BCUT2D eigenvalue weighted by Crippen LogP contribution is -2.37. The molecule has 176 valence electrons. The summed E-state index contributed by atoms with van der Waals surface area (Å²) in [6, 6.07) is 10.3. The number of rotatable bonds is 7. The molecule has 1 heterocycles. The first-order chi connectivity index (χ1) is 15.5. The average molecular weight is 471 g/mol. The van der Waals surface area contributed by atoms with Gasteiger partial charge in [0, 0.05) is 24.3 Å². The number of carbonyl (C=O) groups is 1. The van der Waals surface area contributed by atoms with Crippen LogP contribution in [-0.4, -0.2) is 38.3 Å². The van der Waals surface area contributed by atoms with Crippen LogP contribution in [-0.2, 0) is 11.0 Å². The van der Waals surface area contributed by atoms with Crippen LogP contribution < -0.4 is 14.5 Å². The maximum atomic E-state index is 13.2. The number of nitriles is 1. The highest BCUT2D eigenvalue weighted by Gasteiger charge is 2.36. The third-order valence-electron chi connectivity index (χ3n) is 5.02. The molecule has 0 spiro atoms. The fourth-order valence-corrected chi connectivity index (χ4v) is 3.49. The smallest absolute Gasteiger partial charge is 0.417 e. The van der Waals surface area contributed by atoms with E-state index in [2.05, 4.69) is 0 Å². The van der Waals surface area contributed by atoms with Gasteiger partial charge in [-0.05, 0) is 48.9 Å². The van der Waals surface area contributed by atoms with E-state index >= 15 is 0 Å². The van der Waals surface area contributed by atoms with Crippen molar-refractivity contribution in [2.45, 2.75) is 25.2 Å². The molecule has 2 aromatic rings. The van der Waals surface area contributed by atoms with Gasteiger partial charge in [-0.15, -0.1) is 0 Å². The molecule has 1 aliphatic rings. The zero-order chi connectivity index (χ0) is 24.2. The van der Waals surface area contributed by atoms with Crippen molar-refractivity contribution in [3.8, 4) is 11.8 Å². The minimum Gasteiger partial charge on any atom is -0.492 e. The Morgan fingerprint density at radius 1 is 1.06 bits per heavy atom. The first kappa shape index (κ1) is 24.2. The number of benzene rings is 2. The number of nitrogens with zero attached hydrogens (tertiary/aromatic N) is 3. The number of anilines is 2. The van der Waals surface area contributed by atoms with Gasteiger partial charge in [-0.3, -0.25) is 4.79 Å². The van der Waals surface area contributed by atoms with E-state index in [4.69, 9.17) is 10.00 Å². The van der Waals surface area contributed by atoms with Crippen molar-refractivity contribution in [3.63, 3.8) is 0 Å². The lowest BCUT2D eigenvalue weighted by molar-refractivity contribution is -0.137. The largest absolute Gasteiger partial charge is 0.492 e. The van der Waals surface area contributed by atoms with Crippen LogP contribution >= 0.6 is 0 Å². The molecule has 1 saturated heterocycles. The van der Waals surface area contributed by atoms with Crippen molar-refractivity contribution < 1.29 is 35.9 Å². The molecular weight excluding hydrogens is 452 g/mol. The van der Waals surface area contributed by atoms with Crippen molar-refractivity contribution in [2.75, 3.05) is 36.0 Å². The lowest BCUT2D eigenvalue weighted by atomic mass is 10.1. The molecule has 0 aliphatic carbocycles. The molecule has 1 aliphatic heterocycles. The Labute approximate surface area is 185 Å². The molecule has 0 radical (unpaired) electrons. The van der Waals surface area contributed by atoms with Gasteiger partial charge in [0.1, 0.15) is 18.9 Å². The van der Waals surface area contributed by atoms with Gasteiger partial charge in [0.25, 0.3) is 0 Å². The SMILES string of the molecule is N#Cc1ccc(N(CCOc2ccc(N3CCCC3=O)cc2)CC(F)(F)F)cc1C(F)(F)F. The van der Waals surface area contributed by atoms with Gasteiger partial charge >= 0.3 is 12.4 Å². The van der Waals surface area contributed by atoms with Crippen LogP contribution in [0.25, 0.3) is 0 Å². The van der Waals surface area contributed by atoms with Crippen LogP contribution in [0.1, 0.15) is 24.0 Å². The molecule has 1 amide bonds. The van der Waals surface area contributed by atoms with Gasteiger partial charge in [-0.25, -0.2) is 0 Å². The Bertz CT molecular complexity index is 1030. The van der Waals surface area contributed by atoms with Crippen LogP contribution in [0.4, 0.5) is 37.7 Å². The molecule has 0 atom stereocenters. The molecule has 0 aromatic heterocycles. The van der Waals surface area contributed by atoms with Crippen molar-refractivity contribution in [1.29, 1.82) is 5.26 Å². The van der Waals surface area contributed by atoms with Crippen LogP contribution in [0.3, 0.4) is 0 Å². The van der Waals surface area contributed by atoms with Gasteiger partial charge in [-0.2, -0.15) is 31.6 Å². The van der Waals surface area contributed by atoms with E-state index in [-0.39, 0.29) is 24.7 Å². The summed E-state index contributed by atoms with van der Waals surface area (Å²) in [5, 5.41) is 8.88. The molecule has 5 nitrogen and oxygen atoms in total. The monoisotopic (exact) mass is 471 g/mol. The topological polar surface area (TPSA) is 56.6 Å². The van der Waals surface area contributed by atoms with Crippen LogP contribution in [0.5, 0.6) is 5.75 Å². The normalized spacial score (nSPS) is 14.3. The predicted octanol–water partition coefficient (Wildman–Crippen LogP) is 5.15. The van der Waals surface area contributed by atoms with E-state index in [0.29, 0.717) is 35.4 Å². The number of halogens is 6. The van der Waals surface area contributed by atoms with E-state index in [1.54, 1.807) is 29.2 Å². The Kier molecular flexibility index (Phi) is 7.05. The highest BCUT2D eigenvalue weighted by atomic mass is 19.4. The number of alkyl halides is 6. The third kappa shape index (κ3) is 6.31. The molecular formula is C22H19F6N3O2. The number of amides is 1.